The molecule has 0 saturated heterocycles. The Bertz CT molecular complexity index is 594. The Balaban J connectivity index is 2.53. The Hall–Kier alpha value is -1.07. The summed E-state index contributed by atoms with van der Waals surface area (Å²) in [6.07, 6.45) is 0. The molecule has 0 atom stereocenters. The van der Waals surface area contributed by atoms with Crippen molar-refractivity contribution in [2.24, 2.45) is 0 Å². The topological polar surface area (TPSA) is 30.0 Å². The minimum atomic E-state index is -0.344. The van der Waals surface area contributed by atoms with Gasteiger partial charge in [-0.2, -0.15) is 0 Å². The minimum Gasteiger partial charge on any atom is -0.294 e. The van der Waals surface area contributed by atoms with Gasteiger partial charge in [0.1, 0.15) is 10.8 Å². The van der Waals surface area contributed by atoms with Crippen LogP contribution in [0, 0.1) is 12.7 Å². The molecule has 2 nitrogen and oxygen atoms in total. The van der Waals surface area contributed by atoms with Crippen molar-refractivity contribution in [1.82, 2.24) is 4.98 Å². The summed E-state index contributed by atoms with van der Waals surface area (Å²) < 4.78 is 14.4. The highest BCUT2D eigenvalue weighted by Crippen LogP contribution is 2.31. The maximum atomic E-state index is 13.7. The number of hydrogen-bond donors (Lipinski definition) is 0. The van der Waals surface area contributed by atoms with Gasteiger partial charge in [0.15, 0.2) is 5.78 Å². The second-order valence-electron chi connectivity index (χ2n) is 3.61. The largest absolute Gasteiger partial charge is 0.294 e. The third-order valence-corrected chi connectivity index (χ3v) is 4.06. The molecule has 1 aromatic heterocycles. The van der Waals surface area contributed by atoms with Gasteiger partial charge in [-0.05, 0) is 25.1 Å². The minimum absolute atomic E-state index is 0.0382. The van der Waals surface area contributed by atoms with Gasteiger partial charge in [0.25, 0.3) is 0 Å². The van der Waals surface area contributed by atoms with E-state index < -0.39 is 0 Å². The summed E-state index contributed by atoms with van der Waals surface area (Å²) in [7, 11) is 0. The number of halogens is 2. The summed E-state index contributed by atoms with van der Waals surface area (Å²) in [5, 5.41) is 0.540. The molecule has 0 aliphatic rings. The summed E-state index contributed by atoms with van der Waals surface area (Å²) in [4.78, 5) is 16.1. The summed E-state index contributed by atoms with van der Waals surface area (Å²) in [5.41, 5.74) is 1.08. The van der Waals surface area contributed by atoms with Crippen LogP contribution in [0.25, 0.3) is 10.6 Å². The molecule has 2 rings (SSSR count). The molecule has 0 fully saturated rings. The van der Waals surface area contributed by atoms with E-state index in [9.17, 15) is 9.18 Å². The summed E-state index contributed by atoms with van der Waals surface area (Å²) >= 11 is 4.43. The van der Waals surface area contributed by atoms with Crippen molar-refractivity contribution in [2.45, 2.75) is 13.8 Å². The van der Waals surface area contributed by atoms with Gasteiger partial charge in [0.05, 0.1) is 10.6 Å². The lowest BCUT2D eigenvalue weighted by Gasteiger charge is -1.98. The van der Waals surface area contributed by atoms with Gasteiger partial charge in [-0.25, -0.2) is 9.37 Å². The third-order valence-electron chi connectivity index (χ3n) is 2.28. The highest BCUT2D eigenvalue weighted by Gasteiger charge is 2.15. The molecule has 0 radical (unpaired) electrons. The molecule has 1 heterocycles. The first-order chi connectivity index (χ1) is 7.99. The van der Waals surface area contributed by atoms with Gasteiger partial charge in [0, 0.05) is 17.0 Å². The Labute approximate surface area is 111 Å². The van der Waals surface area contributed by atoms with Crippen LogP contribution in [0.15, 0.2) is 22.7 Å². The number of nitrogens with zero attached hydrogens (tertiary/aromatic N) is 1. The zero-order chi connectivity index (χ0) is 12.6. The van der Waals surface area contributed by atoms with Gasteiger partial charge in [-0.15, -0.1) is 11.3 Å². The smallest absolute Gasteiger partial charge is 0.171 e. The van der Waals surface area contributed by atoms with Crippen molar-refractivity contribution in [3.63, 3.8) is 0 Å². The number of carbonyl (C=O) groups excluding carboxylic acids is 1. The van der Waals surface area contributed by atoms with Crippen LogP contribution in [-0.2, 0) is 0 Å². The molecule has 17 heavy (non-hydrogen) atoms. The molecule has 0 saturated carbocycles. The molecule has 5 heteroatoms. The number of benzene rings is 1. The number of Topliss-reactive ketones (excluding diaryl/α,β-unsaturated/α-hetero) is 1. The SMILES string of the molecule is CC(=O)c1sc(-c2ccc(Br)cc2F)nc1C. The molecule has 1 aromatic carbocycles. The molecular weight excluding hydrogens is 305 g/mol. The Morgan fingerprint density at radius 2 is 2.18 bits per heavy atom. The van der Waals surface area contributed by atoms with E-state index in [-0.39, 0.29) is 11.6 Å². The van der Waals surface area contributed by atoms with Crippen molar-refractivity contribution in [1.29, 1.82) is 0 Å². The second kappa shape index (κ2) is 4.66. The normalized spacial score (nSPS) is 10.6. The first-order valence-electron chi connectivity index (χ1n) is 4.93. The van der Waals surface area contributed by atoms with Gasteiger partial charge >= 0.3 is 0 Å². The molecule has 0 unspecified atom stereocenters. The standard InChI is InChI=1S/C12H9BrFNOS/c1-6-11(7(2)16)17-12(15-6)9-4-3-8(13)5-10(9)14/h3-5H,1-2H3. The maximum Gasteiger partial charge on any atom is 0.171 e. The van der Waals surface area contributed by atoms with E-state index in [1.54, 1.807) is 19.1 Å². The lowest BCUT2D eigenvalue weighted by Crippen LogP contribution is -1.89. The zero-order valence-corrected chi connectivity index (χ0v) is 11.7. The van der Waals surface area contributed by atoms with Gasteiger partial charge in [0.2, 0.25) is 0 Å². The fourth-order valence-corrected chi connectivity index (χ4v) is 2.82. The van der Waals surface area contributed by atoms with Crippen molar-refractivity contribution < 1.29 is 9.18 Å². The Kier molecular flexibility index (Phi) is 3.40. The highest BCUT2D eigenvalue weighted by atomic mass is 79.9. The van der Waals surface area contributed by atoms with E-state index in [0.29, 0.717) is 25.6 Å². The average Bonchev–Trinajstić information content (AvgIpc) is 2.60. The molecule has 0 aliphatic heterocycles. The molecule has 0 bridgehead atoms. The number of ketones is 1. The fourth-order valence-electron chi connectivity index (χ4n) is 1.50. The van der Waals surface area contributed by atoms with E-state index >= 15 is 0 Å². The Morgan fingerprint density at radius 3 is 2.71 bits per heavy atom. The molecule has 88 valence electrons. The molecule has 0 amide bonds. The molecule has 0 spiro atoms. The van der Waals surface area contributed by atoms with Gasteiger partial charge in [-0.1, -0.05) is 15.9 Å². The maximum absolute atomic E-state index is 13.7. The summed E-state index contributed by atoms with van der Waals surface area (Å²) in [6.45, 7) is 3.25. The predicted molar refractivity (Wildman–Crippen MR) is 69.9 cm³/mol. The molecule has 0 N–H and O–H groups in total. The second-order valence-corrected chi connectivity index (χ2v) is 5.53. The third kappa shape index (κ3) is 2.45. The van der Waals surface area contributed by atoms with Crippen LogP contribution >= 0.6 is 27.3 Å². The first kappa shape index (κ1) is 12.4. The number of thiazole rings is 1. The summed E-state index contributed by atoms with van der Waals surface area (Å²) in [6, 6.07) is 4.80. The first-order valence-corrected chi connectivity index (χ1v) is 6.54. The van der Waals surface area contributed by atoms with Crippen LogP contribution < -0.4 is 0 Å². The zero-order valence-electron chi connectivity index (χ0n) is 9.25. The highest BCUT2D eigenvalue weighted by molar-refractivity contribution is 9.10. The molecular formula is C12H9BrFNOS. The number of rotatable bonds is 2. The molecule has 0 aliphatic carbocycles. The molecule has 2 aromatic rings. The van der Waals surface area contributed by atoms with Crippen LogP contribution in [0.1, 0.15) is 22.3 Å². The average molecular weight is 314 g/mol. The lowest BCUT2D eigenvalue weighted by molar-refractivity contribution is 0.102. The van der Waals surface area contributed by atoms with Gasteiger partial charge in [-0.3, -0.25) is 4.79 Å². The van der Waals surface area contributed by atoms with E-state index in [2.05, 4.69) is 20.9 Å². The van der Waals surface area contributed by atoms with E-state index in [1.165, 1.54) is 24.3 Å². The van der Waals surface area contributed by atoms with E-state index in [4.69, 9.17) is 0 Å². The van der Waals surface area contributed by atoms with Crippen molar-refractivity contribution in [2.75, 3.05) is 0 Å². The van der Waals surface area contributed by atoms with Crippen molar-refractivity contribution >= 4 is 33.0 Å². The van der Waals surface area contributed by atoms with E-state index in [1.807, 2.05) is 0 Å². The number of carbonyl (C=O) groups is 1. The monoisotopic (exact) mass is 313 g/mol. The van der Waals surface area contributed by atoms with Crippen molar-refractivity contribution in [3.8, 4) is 10.6 Å². The van der Waals surface area contributed by atoms with Crippen LogP contribution in [0.5, 0.6) is 0 Å². The predicted octanol–water partition coefficient (Wildman–Crippen LogP) is 4.22. The quantitative estimate of drug-likeness (QED) is 0.777. The van der Waals surface area contributed by atoms with Crippen LogP contribution in [0.4, 0.5) is 4.39 Å². The number of aryl methyl sites for hydroxylation is 1. The number of aromatic nitrogens is 1. The Morgan fingerprint density at radius 1 is 1.47 bits per heavy atom. The summed E-state index contributed by atoms with van der Waals surface area (Å²) in [5.74, 6) is -0.382. The van der Waals surface area contributed by atoms with E-state index in [0.717, 1.165) is 0 Å². The van der Waals surface area contributed by atoms with Crippen molar-refractivity contribution in [3.05, 3.63) is 39.1 Å². The fraction of sp³-hybridized carbons (Fsp3) is 0.167. The van der Waals surface area contributed by atoms with Crippen LogP contribution in [0.2, 0.25) is 0 Å². The van der Waals surface area contributed by atoms with Gasteiger partial charge < -0.3 is 0 Å². The van der Waals surface area contributed by atoms with Crippen LogP contribution in [-0.4, -0.2) is 10.8 Å². The number of hydrogen-bond acceptors (Lipinski definition) is 3. The van der Waals surface area contributed by atoms with Crippen LogP contribution in [0.3, 0.4) is 0 Å². The lowest BCUT2D eigenvalue weighted by atomic mass is 10.2.